The van der Waals surface area contributed by atoms with Gasteiger partial charge in [-0.15, -0.1) is 0 Å². The van der Waals surface area contributed by atoms with E-state index in [9.17, 15) is 0 Å². The highest BCUT2D eigenvalue weighted by Crippen LogP contribution is 2.29. The zero-order chi connectivity index (χ0) is 13.6. The summed E-state index contributed by atoms with van der Waals surface area (Å²) in [6.45, 7) is 2.45. The van der Waals surface area contributed by atoms with Crippen molar-refractivity contribution in [3.05, 3.63) is 11.7 Å². The van der Waals surface area contributed by atoms with E-state index in [0.29, 0.717) is 12.0 Å². The van der Waals surface area contributed by atoms with E-state index in [4.69, 9.17) is 9.26 Å². The van der Waals surface area contributed by atoms with Gasteiger partial charge in [-0.25, -0.2) is 0 Å². The van der Waals surface area contributed by atoms with Crippen LogP contribution in [0, 0.1) is 0 Å². The third kappa shape index (κ3) is 3.79. The van der Waals surface area contributed by atoms with Crippen molar-refractivity contribution in [1.29, 1.82) is 0 Å². The third-order valence-corrected chi connectivity index (χ3v) is 4.37. The van der Waals surface area contributed by atoms with E-state index in [2.05, 4.69) is 15.5 Å². The topological polar surface area (TPSA) is 60.2 Å². The highest BCUT2D eigenvalue weighted by Gasteiger charge is 2.21. The van der Waals surface area contributed by atoms with E-state index in [0.717, 1.165) is 37.9 Å². The molecule has 1 aliphatic carbocycles. The number of nitrogens with one attached hydrogen (secondary N) is 1. The van der Waals surface area contributed by atoms with Gasteiger partial charge in [-0.1, -0.05) is 37.3 Å². The van der Waals surface area contributed by atoms with Gasteiger partial charge in [0.05, 0.1) is 13.2 Å². The molecule has 1 atom stereocenters. The second-order valence-corrected chi connectivity index (χ2v) is 6.02. The molecule has 0 spiro atoms. The summed E-state index contributed by atoms with van der Waals surface area (Å²) in [7, 11) is 0. The zero-order valence-electron chi connectivity index (χ0n) is 12.1. The Balaban J connectivity index is 1.57. The van der Waals surface area contributed by atoms with E-state index < -0.39 is 0 Å². The molecular formula is C15H25N3O2. The average Bonchev–Trinajstić information content (AvgIpc) is 2.88. The van der Waals surface area contributed by atoms with E-state index in [1.807, 2.05) is 0 Å². The maximum absolute atomic E-state index is 5.46. The summed E-state index contributed by atoms with van der Waals surface area (Å²) in [6, 6.07) is 0.314. The number of morpholine rings is 1. The van der Waals surface area contributed by atoms with E-state index in [1.165, 1.54) is 44.9 Å². The molecule has 20 heavy (non-hydrogen) atoms. The Morgan fingerprint density at radius 2 is 1.90 bits per heavy atom. The van der Waals surface area contributed by atoms with Crippen molar-refractivity contribution in [3.8, 4) is 0 Å². The first-order valence-corrected chi connectivity index (χ1v) is 8.05. The minimum atomic E-state index is 0.314. The second kappa shape index (κ2) is 7.18. The number of ether oxygens (including phenoxy) is 1. The summed E-state index contributed by atoms with van der Waals surface area (Å²) < 4.78 is 10.9. The van der Waals surface area contributed by atoms with E-state index >= 15 is 0 Å². The van der Waals surface area contributed by atoms with Gasteiger partial charge >= 0.3 is 0 Å². The Kier molecular flexibility index (Phi) is 5.03. The van der Waals surface area contributed by atoms with Gasteiger partial charge in [0.1, 0.15) is 0 Å². The molecular weight excluding hydrogens is 254 g/mol. The summed E-state index contributed by atoms with van der Waals surface area (Å²) >= 11 is 0. The molecule has 112 valence electrons. The van der Waals surface area contributed by atoms with Gasteiger partial charge in [-0.3, -0.25) is 0 Å². The van der Waals surface area contributed by atoms with Gasteiger partial charge < -0.3 is 14.6 Å². The molecule has 1 aliphatic heterocycles. The Morgan fingerprint density at radius 3 is 2.65 bits per heavy atom. The molecule has 1 aromatic heterocycles. The van der Waals surface area contributed by atoms with Crippen LogP contribution in [-0.2, 0) is 11.2 Å². The van der Waals surface area contributed by atoms with Crippen molar-refractivity contribution in [1.82, 2.24) is 15.5 Å². The van der Waals surface area contributed by atoms with Crippen LogP contribution in [0.5, 0.6) is 0 Å². The Morgan fingerprint density at radius 1 is 1.10 bits per heavy atom. The van der Waals surface area contributed by atoms with Crippen molar-refractivity contribution in [3.63, 3.8) is 0 Å². The summed E-state index contributed by atoms with van der Waals surface area (Å²) in [5.74, 6) is 2.19. The number of nitrogens with zero attached hydrogens (tertiary/aromatic N) is 2. The second-order valence-electron chi connectivity index (χ2n) is 6.02. The fraction of sp³-hybridized carbons (Fsp3) is 0.867. The minimum Gasteiger partial charge on any atom is -0.378 e. The molecule has 5 nitrogen and oxygen atoms in total. The average molecular weight is 279 g/mol. The van der Waals surface area contributed by atoms with Crippen LogP contribution in [0.1, 0.15) is 62.6 Å². The lowest BCUT2D eigenvalue weighted by atomic mass is 9.91. The molecule has 1 saturated carbocycles. The first-order valence-electron chi connectivity index (χ1n) is 8.05. The van der Waals surface area contributed by atoms with Crippen LogP contribution in [-0.4, -0.2) is 35.9 Å². The quantitative estimate of drug-likeness (QED) is 0.920. The van der Waals surface area contributed by atoms with Gasteiger partial charge in [0, 0.05) is 24.9 Å². The highest BCUT2D eigenvalue weighted by atomic mass is 16.5. The van der Waals surface area contributed by atoms with Crippen molar-refractivity contribution in [2.75, 3.05) is 19.8 Å². The maximum atomic E-state index is 5.46. The van der Waals surface area contributed by atoms with Crippen LogP contribution >= 0.6 is 0 Å². The zero-order valence-corrected chi connectivity index (χ0v) is 12.1. The highest BCUT2D eigenvalue weighted by molar-refractivity contribution is 4.97. The van der Waals surface area contributed by atoms with Gasteiger partial charge in [-0.2, -0.15) is 4.98 Å². The summed E-state index contributed by atoms with van der Waals surface area (Å²) in [5.41, 5.74) is 0. The van der Waals surface area contributed by atoms with Crippen LogP contribution in [0.4, 0.5) is 0 Å². The van der Waals surface area contributed by atoms with E-state index in [1.54, 1.807) is 0 Å². The standard InChI is InChI=1S/C15H25N3O2/c1-2-4-6-12(7-5-3-1)15-17-14(20-18-15)10-13-11-19-9-8-16-13/h12-13,16H,1-11H2. The molecule has 1 saturated heterocycles. The molecule has 3 rings (SSSR count). The van der Waals surface area contributed by atoms with Gasteiger partial charge in [0.15, 0.2) is 5.82 Å². The summed E-state index contributed by atoms with van der Waals surface area (Å²) in [6.07, 6.45) is 9.89. The van der Waals surface area contributed by atoms with Crippen molar-refractivity contribution >= 4 is 0 Å². The van der Waals surface area contributed by atoms with Crippen LogP contribution in [0.25, 0.3) is 0 Å². The molecule has 1 aromatic rings. The lowest BCUT2D eigenvalue weighted by molar-refractivity contribution is 0.0744. The number of aromatic nitrogens is 2. The Hall–Kier alpha value is -0.940. The first kappa shape index (κ1) is 14.0. The molecule has 5 heteroatoms. The molecule has 0 amide bonds. The maximum Gasteiger partial charge on any atom is 0.228 e. The number of hydrogen-bond donors (Lipinski definition) is 1. The van der Waals surface area contributed by atoms with Crippen molar-refractivity contribution < 1.29 is 9.26 Å². The van der Waals surface area contributed by atoms with Gasteiger partial charge in [0.25, 0.3) is 0 Å². The molecule has 2 heterocycles. The lowest BCUT2D eigenvalue weighted by Gasteiger charge is -2.22. The van der Waals surface area contributed by atoms with Crippen LogP contribution in [0.15, 0.2) is 4.52 Å². The fourth-order valence-corrected chi connectivity index (χ4v) is 3.19. The van der Waals surface area contributed by atoms with Gasteiger partial charge in [0.2, 0.25) is 5.89 Å². The molecule has 0 radical (unpaired) electrons. The molecule has 0 aromatic carbocycles. The largest absolute Gasteiger partial charge is 0.378 e. The molecule has 1 unspecified atom stereocenters. The monoisotopic (exact) mass is 279 g/mol. The minimum absolute atomic E-state index is 0.314. The Bertz CT molecular complexity index is 394. The summed E-state index contributed by atoms with van der Waals surface area (Å²) in [4.78, 5) is 4.63. The van der Waals surface area contributed by atoms with E-state index in [-0.39, 0.29) is 0 Å². The Labute approximate surface area is 120 Å². The third-order valence-electron chi connectivity index (χ3n) is 4.37. The van der Waals surface area contributed by atoms with Gasteiger partial charge in [-0.05, 0) is 12.8 Å². The number of hydrogen-bond acceptors (Lipinski definition) is 5. The van der Waals surface area contributed by atoms with Crippen molar-refractivity contribution in [2.24, 2.45) is 0 Å². The molecule has 2 fully saturated rings. The predicted molar refractivity (Wildman–Crippen MR) is 75.7 cm³/mol. The molecule has 0 bridgehead atoms. The SMILES string of the molecule is C1CCCC(c2noc(CC3COCCN3)n2)CCC1. The smallest absolute Gasteiger partial charge is 0.228 e. The normalized spacial score (nSPS) is 26.1. The van der Waals surface area contributed by atoms with Crippen LogP contribution in [0.2, 0.25) is 0 Å². The fourth-order valence-electron chi connectivity index (χ4n) is 3.19. The lowest BCUT2D eigenvalue weighted by Crippen LogP contribution is -2.42. The van der Waals surface area contributed by atoms with Crippen LogP contribution in [0.3, 0.4) is 0 Å². The summed E-state index contributed by atoms with van der Waals surface area (Å²) in [5, 5.41) is 7.64. The van der Waals surface area contributed by atoms with Crippen molar-refractivity contribution in [2.45, 2.75) is 63.3 Å². The predicted octanol–water partition coefficient (Wildman–Crippen LogP) is 2.43. The molecule has 1 N–H and O–H groups in total. The van der Waals surface area contributed by atoms with Crippen LogP contribution < -0.4 is 5.32 Å². The molecule has 2 aliphatic rings. The number of rotatable bonds is 3. The first-order chi connectivity index (χ1) is 9.92.